The third-order valence-electron chi connectivity index (χ3n) is 3.46. The summed E-state index contributed by atoms with van der Waals surface area (Å²) in [6.07, 6.45) is -0.557. The van der Waals surface area contributed by atoms with Crippen LogP contribution in [0.25, 0.3) is 0 Å². The topological polar surface area (TPSA) is 107 Å². The lowest BCUT2D eigenvalue weighted by Gasteiger charge is -2.51. The molecule has 0 aliphatic carbocycles. The Bertz CT molecular complexity index is 512. The Balaban J connectivity index is 2.22. The molecule has 2 heterocycles. The fourth-order valence-electron chi connectivity index (χ4n) is 2.38. The highest BCUT2D eigenvalue weighted by molar-refractivity contribution is 8.02. The first kappa shape index (κ1) is 16.1. The monoisotopic (exact) mass is 334 g/mol. The lowest BCUT2D eigenvalue weighted by molar-refractivity contribution is -0.160. The number of fused-ring (bicyclic) bond motifs is 1. The summed E-state index contributed by atoms with van der Waals surface area (Å²) < 4.78 is 0. The van der Waals surface area contributed by atoms with E-state index in [1.807, 2.05) is 0 Å². The molecule has 0 aromatic carbocycles. The average molecular weight is 335 g/mol. The quantitative estimate of drug-likeness (QED) is 0.472. The number of rotatable bonds is 5. The van der Waals surface area contributed by atoms with E-state index in [1.54, 1.807) is 12.3 Å². The van der Waals surface area contributed by atoms with E-state index >= 15 is 0 Å². The lowest BCUT2D eigenvalue weighted by Crippen LogP contribution is -2.74. The van der Waals surface area contributed by atoms with Gasteiger partial charge < -0.3 is 20.4 Å². The first-order valence-electron chi connectivity index (χ1n) is 6.36. The number of aliphatic hydroxyl groups is 1. The van der Waals surface area contributed by atoms with E-state index < -0.39 is 41.3 Å². The number of nitrogens with zero attached hydrogens (tertiary/aromatic N) is 1. The van der Waals surface area contributed by atoms with Crippen molar-refractivity contribution in [1.29, 1.82) is 0 Å². The molecule has 0 spiro atoms. The molecule has 0 bridgehead atoms. The highest BCUT2D eigenvalue weighted by Crippen LogP contribution is 2.41. The van der Waals surface area contributed by atoms with Gasteiger partial charge in [-0.15, -0.1) is 23.4 Å². The minimum atomic E-state index is -1.20. The van der Waals surface area contributed by atoms with Gasteiger partial charge in [0.15, 0.2) is 6.04 Å². The first-order chi connectivity index (χ1) is 9.92. The fraction of sp³-hybridized carbons (Fsp3) is 0.583. The van der Waals surface area contributed by atoms with Gasteiger partial charge in [0.05, 0.1) is 6.10 Å². The van der Waals surface area contributed by atoms with Crippen molar-refractivity contribution in [2.75, 3.05) is 5.88 Å². The molecule has 0 aromatic heterocycles. The molecule has 2 amide bonds. The molecule has 116 valence electrons. The van der Waals surface area contributed by atoms with Crippen LogP contribution < -0.4 is 5.32 Å². The van der Waals surface area contributed by atoms with Crippen LogP contribution in [0.15, 0.2) is 11.0 Å². The molecule has 9 heteroatoms. The molecule has 4 atom stereocenters. The number of carbonyl (C=O) groups is 3. The highest BCUT2D eigenvalue weighted by atomic mass is 35.5. The predicted molar refractivity (Wildman–Crippen MR) is 76.7 cm³/mol. The Kier molecular flexibility index (Phi) is 4.80. The Labute approximate surface area is 130 Å². The van der Waals surface area contributed by atoms with E-state index in [0.29, 0.717) is 12.0 Å². The van der Waals surface area contributed by atoms with Crippen LogP contribution in [0.5, 0.6) is 0 Å². The van der Waals surface area contributed by atoms with Crippen molar-refractivity contribution in [2.24, 2.45) is 0 Å². The smallest absolute Gasteiger partial charge is 0.330 e. The van der Waals surface area contributed by atoms with Crippen molar-refractivity contribution in [1.82, 2.24) is 10.2 Å². The maximum atomic E-state index is 12.1. The summed E-state index contributed by atoms with van der Waals surface area (Å²) in [5, 5.41) is 22.8. The van der Waals surface area contributed by atoms with Crippen molar-refractivity contribution in [3.05, 3.63) is 11.0 Å². The second kappa shape index (κ2) is 6.25. The van der Waals surface area contributed by atoms with E-state index in [0.717, 1.165) is 0 Å². The zero-order chi connectivity index (χ0) is 15.7. The molecule has 3 unspecified atom stereocenters. The second-order valence-corrected chi connectivity index (χ2v) is 5.99. The van der Waals surface area contributed by atoms with Crippen LogP contribution in [-0.2, 0) is 14.4 Å². The van der Waals surface area contributed by atoms with Crippen LogP contribution in [0.2, 0.25) is 0 Å². The van der Waals surface area contributed by atoms with Crippen molar-refractivity contribution < 1.29 is 24.6 Å². The van der Waals surface area contributed by atoms with Gasteiger partial charge in [-0.05, 0) is 17.4 Å². The summed E-state index contributed by atoms with van der Waals surface area (Å²) >= 11 is 6.59. The summed E-state index contributed by atoms with van der Waals surface area (Å²) in [4.78, 5) is 36.0. The molecule has 0 saturated carbocycles. The fourth-order valence-corrected chi connectivity index (χ4v) is 3.74. The van der Waals surface area contributed by atoms with Gasteiger partial charge in [0.25, 0.3) is 0 Å². The largest absolute Gasteiger partial charge is 0.479 e. The average Bonchev–Trinajstić information content (AvgIpc) is 2.49. The Hall–Kier alpha value is -1.25. The number of carboxylic acid groups (broad SMARTS) is 1. The summed E-state index contributed by atoms with van der Waals surface area (Å²) in [6.45, 7) is 1.72. The van der Waals surface area contributed by atoms with Crippen molar-refractivity contribution in [2.45, 2.75) is 36.9 Å². The zero-order valence-electron chi connectivity index (χ0n) is 11.2. The zero-order valence-corrected chi connectivity index (χ0v) is 12.7. The number of amides is 2. The molecular weight excluding hydrogens is 320 g/mol. The van der Waals surface area contributed by atoms with Crippen molar-refractivity contribution >= 4 is 41.1 Å². The first-order valence-corrected chi connectivity index (χ1v) is 7.83. The molecule has 0 radical (unpaired) electrons. The molecule has 3 N–H and O–H groups in total. The third-order valence-corrected chi connectivity index (χ3v) is 4.89. The van der Waals surface area contributed by atoms with E-state index in [4.69, 9.17) is 11.6 Å². The van der Waals surface area contributed by atoms with E-state index in [2.05, 4.69) is 5.32 Å². The molecule has 7 nitrogen and oxygen atoms in total. The number of carboxylic acids is 1. The normalized spacial score (nSPS) is 29.1. The Morgan fingerprint density at radius 1 is 1.57 bits per heavy atom. The van der Waals surface area contributed by atoms with Gasteiger partial charge in [0, 0.05) is 0 Å². The van der Waals surface area contributed by atoms with Crippen LogP contribution in [-0.4, -0.2) is 62.3 Å². The molecular formula is C12H15ClN2O5S. The standard InChI is InChI=1S/C12H15ClN2O5S/c1-2-6(16)5-4-21-11-8(14-7(17)3-13)10(18)15(11)9(5)12(19)20/h4,6,8-9,11,16H,2-3H2,1H3,(H,14,17)(H,19,20)/t6?,8?,9?,11-/m0/s1. The number of hydrogen-bond acceptors (Lipinski definition) is 5. The number of nitrogens with one attached hydrogen (secondary N) is 1. The Morgan fingerprint density at radius 2 is 2.24 bits per heavy atom. The number of aliphatic carboxylic acids is 1. The number of β-lactam (4-membered cyclic amide) rings is 1. The number of thioether (sulfide) groups is 1. The van der Waals surface area contributed by atoms with Crippen LogP contribution in [0.1, 0.15) is 13.3 Å². The van der Waals surface area contributed by atoms with E-state index in [9.17, 15) is 24.6 Å². The molecule has 2 aliphatic rings. The van der Waals surface area contributed by atoms with Crippen LogP contribution in [0, 0.1) is 0 Å². The summed E-state index contributed by atoms with van der Waals surface area (Å²) in [7, 11) is 0. The van der Waals surface area contributed by atoms with Crippen LogP contribution >= 0.6 is 23.4 Å². The molecule has 2 rings (SSSR count). The lowest BCUT2D eigenvalue weighted by atomic mass is 9.94. The van der Waals surface area contributed by atoms with Crippen LogP contribution in [0.4, 0.5) is 0 Å². The highest BCUT2D eigenvalue weighted by Gasteiger charge is 2.56. The van der Waals surface area contributed by atoms with Gasteiger partial charge in [-0.3, -0.25) is 9.59 Å². The van der Waals surface area contributed by atoms with E-state index in [-0.39, 0.29) is 5.88 Å². The van der Waals surface area contributed by atoms with E-state index in [1.165, 1.54) is 16.7 Å². The third kappa shape index (κ3) is 2.75. The molecule has 21 heavy (non-hydrogen) atoms. The number of carbonyl (C=O) groups excluding carboxylic acids is 2. The van der Waals surface area contributed by atoms with Gasteiger partial charge in [-0.25, -0.2) is 4.79 Å². The summed E-state index contributed by atoms with van der Waals surface area (Å²) in [5.41, 5.74) is 0.293. The van der Waals surface area contributed by atoms with Gasteiger partial charge in [0.1, 0.15) is 17.3 Å². The SMILES string of the molecule is CCC(O)C1=CS[C@H]2C(NC(=O)CCl)C(=O)N2C1C(=O)O. The Morgan fingerprint density at radius 3 is 2.76 bits per heavy atom. The summed E-state index contributed by atoms with van der Waals surface area (Å²) in [5.74, 6) is -2.42. The maximum Gasteiger partial charge on any atom is 0.330 e. The number of alkyl halides is 1. The van der Waals surface area contributed by atoms with Gasteiger partial charge in [-0.2, -0.15) is 0 Å². The predicted octanol–water partition coefficient (Wildman–Crippen LogP) is -0.267. The van der Waals surface area contributed by atoms with Crippen LogP contribution in [0.3, 0.4) is 0 Å². The second-order valence-electron chi connectivity index (χ2n) is 4.73. The minimum absolute atomic E-state index is 0.265. The van der Waals surface area contributed by atoms with Gasteiger partial charge in [0.2, 0.25) is 11.8 Å². The number of aliphatic hydroxyl groups excluding tert-OH is 1. The number of hydrogen-bond donors (Lipinski definition) is 3. The van der Waals surface area contributed by atoms with Crippen molar-refractivity contribution in [3.8, 4) is 0 Å². The van der Waals surface area contributed by atoms with Gasteiger partial charge in [-0.1, -0.05) is 6.92 Å². The molecule has 0 aromatic rings. The molecule has 2 aliphatic heterocycles. The number of halogens is 1. The molecule has 1 fully saturated rings. The van der Waals surface area contributed by atoms with Gasteiger partial charge >= 0.3 is 5.97 Å². The maximum absolute atomic E-state index is 12.1. The minimum Gasteiger partial charge on any atom is -0.479 e. The molecule has 1 saturated heterocycles. The summed E-state index contributed by atoms with van der Waals surface area (Å²) in [6, 6.07) is -1.97. The van der Waals surface area contributed by atoms with Crippen molar-refractivity contribution in [3.63, 3.8) is 0 Å².